The van der Waals surface area contributed by atoms with Crippen LogP contribution in [0.1, 0.15) is 33.1 Å². The van der Waals surface area contributed by atoms with E-state index in [0.717, 1.165) is 13.2 Å². The van der Waals surface area contributed by atoms with Crippen LogP contribution in [0.3, 0.4) is 0 Å². The summed E-state index contributed by atoms with van der Waals surface area (Å²) < 4.78 is 5.77. The average molecular weight is 171 g/mol. The van der Waals surface area contributed by atoms with Crippen LogP contribution in [-0.4, -0.2) is 25.8 Å². The second kappa shape index (κ2) is 5.55. The van der Waals surface area contributed by atoms with Gasteiger partial charge in [-0.2, -0.15) is 0 Å². The molecule has 0 radical (unpaired) electrons. The first-order valence-corrected chi connectivity index (χ1v) is 5.15. The number of rotatable bonds is 4. The summed E-state index contributed by atoms with van der Waals surface area (Å²) in [6.45, 7) is 7.62. The molecule has 0 aromatic carbocycles. The highest BCUT2D eigenvalue weighted by Crippen LogP contribution is 2.09. The van der Waals surface area contributed by atoms with Crippen molar-refractivity contribution in [3.63, 3.8) is 0 Å². The van der Waals surface area contributed by atoms with Crippen molar-refractivity contribution in [1.82, 2.24) is 5.32 Å². The minimum absolute atomic E-state index is 0.479. The first kappa shape index (κ1) is 10.0. The third-order valence-corrected chi connectivity index (χ3v) is 2.57. The number of ether oxygens (including phenoxy) is 1. The SMILES string of the molecule is CCC(C)COC1CCCNC1. The molecule has 1 N–H and O–H groups in total. The van der Waals surface area contributed by atoms with Crippen LogP contribution in [0.4, 0.5) is 0 Å². The third kappa shape index (κ3) is 3.55. The highest BCUT2D eigenvalue weighted by molar-refractivity contribution is 4.68. The van der Waals surface area contributed by atoms with Crippen LogP contribution in [0.2, 0.25) is 0 Å². The van der Waals surface area contributed by atoms with Crippen LogP contribution >= 0.6 is 0 Å². The summed E-state index contributed by atoms with van der Waals surface area (Å²) in [7, 11) is 0. The van der Waals surface area contributed by atoms with E-state index in [-0.39, 0.29) is 0 Å². The van der Waals surface area contributed by atoms with E-state index in [1.807, 2.05) is 0 Å². The summed E-state index contributed by atoms with van der Waals surface area (Å²) in [6.07, 6.45) is 4.21. The monoisotopic (exact) mass is 171 g/mol. The van der Waals surface area contributed by atoms with Crippen molar-refractivity contribution < 1.29 is 4.74 Å². The Morgan fingerprint density at radius 2 is 2.42 bits per heavy atom. The van der Waals surface area contributed by atoms with Crippen molar-refractivity contribution in [2.75, 3.05) is 19.7 Å². The second-order valence-corrected chi connectivity index (χ2v) is 3.82. The fourth-order valence-electron chi connectivity index (χ4n) is 1.38. The van der Waals surface area contributed by atoms with Crippen LogP contribution in [0.25, 0.3) is 0 Å². The molecule has 0 saturated carbocycles. The molecule has 0 aliphatic carbocycles. The van der Waals surface area contributed by atoms with Crippen molar-refractivity contribution >= 4 is 0 Å². The molecule has 1 aliphatic rings. The lowest BCUT2D eigenvalue weighted by Crippen LogP contribution is -2.36. The van der Waals surface area contributed by atoms with E-state index >= 15 is 0 Å². The van der Waals surface area contributed by atoms with E-state index in [0.29, 0.717) is 12.0 Å². The number of piperidine rings is 1. The quantitative estimate of drug-likeness (QED) is 0.696. The van der Waals surface area contributed by atoms with Crippen LogP contribution in [-0.2, 0) is 4.74 Å². The molecule has 2 atom stereocenters. The van der Waals surface area contributed by atoms with E-state index in [1.165, 1.54) is 25.8 Å². The maximum atomic E-state index is 5.77. The first-order valence-electron chi connectivity index (χ1n) is 5.15. The number of nitrogens with one attached hydrogen (secondary N) is 1. The van der Waals surface area contributed by atoms with Gasteiger partial charge >= 0.3 is 0 Å². The molecule has 0 bridgehead atoms. The summed E-state index contributed by atoms with van der Waals surface area (Å²) in [4.78, 5) is 0. The lowest BCUT2D eigenvalue weighted by molar-refractivity contribution is 0.0181. The van der Waals surface area contributed by atoms with Crippen LogP contribution < -0.4 is 5.32 Å². The molecule has 12 heavy (non-hydrogen) atoms. The Labute approximate surface area is 75.7 Å². The van der Waals surface area contributed by atoms with Crippen LogP contribution in [0, 0.1) is 5.92 Å². The molecule has 1 saturated heterocycles. The zero-order valence-electron chi connectivity index (χ0n) is 8.31. The van der Waals surface area contributed by atoms with Gasteiger partial charge in [0.15, 0.2) is 0 Å². The van der Waals surface area contributed by atoms with Crippen molar-refractivity contribution in [2.45, 2.75) is 39.2 Å². The zero-order valence-corrected chi connectivity index (χ0v) is 8.31. The Hall–Kier alpha value is -0.0800. The molecule has 0 aromatic rings. The summed E-state index contributed by atoms with van der Waals surface area (Å²) in [5.74, 6) is 0.715. The molecular weight excluding hydrogens is 150 g/mol. The highest BCUT2D eigenvalue weighted by Gasteiger charge is 2.13. The van der Waals surface area contributed by atoms with Gasteiger partial charge < -0.3 is 10.1 Å². The van der Waals surface area contributed by atoms with Crippen molar-refractivity contribution in [3.8, 4) is 0 Å². The third-order valence-electron chi connectivity index (χ3n) is 2.57. The maximum Gasteiger partial charge on any atom is 0.0700 e. The van der Waals surface area contributed by atoms with Gasteiger partial charge in [0.25, 0.3) is 0 Å². The van der Waals surface area contributed by atoms with E-state index in [4.69, 9.17) is 4.74 Å². The molecule has 2 nitrogen and oxygen atoms in total. The summed E-state index contributed by atoms with van der Waals surface area (Å²) in [5.41, 5.74) is 0. The van der Waals surface area contributed by atoms with E-state index in [2.05, 4.69) is 19.2 Å². The average Bonchev–Trinajstić information content (AvgIpc) is 2.16. The zero-order chi connectivity index (χ0) is 8.81. The summed E-state index contributed by atoms with van der Waals surface area (Å²) in [6, 6.07) is 0. The summed E-state index contributed by atoms with van der Waals surface area (Å²) >= 11 is 0. The van der Waals surface area contributed by atoms with Crippen molar-refractivity contribution in [3.05, 3.63) is 0 Å². The van der Waals surface area contributed by atoms with E-state index < -0.39 is 0 Å². The normalized spacial score (nSPS) is 27.0. The molecule has 2 unspecified atom stereocenters. The predicted molar refractivity (Wildman–Crippen MR) is 51.3 cm³/mol. The Morgan fingerprint density at radius 1 is 1.58 bits per heavy atom. The van der Waals surface area contributed by atoms with Crippen molar-refractivity contribution in [2.24, 2.45) is 5.92 Å². The maximum absolute atomic E-state index is 5.77. The van der Waals surface area contributed by atoms with Crippen molar-refractivity contribution in [1.29, 1.82) is 0 Å². The largest absolute Gasteiger partial charge is 0.377 e. The molecule has 1 rings (SSSR count). The topological polar surface area (TPSA) is 21.3 Å². The second-order valence-electron chi connectivity index (χ2n) is 3.82. The molecule has 1 aliphatic heterocycles. The first-order chi connectivity index (χ1) is 5.83. The van der Waals surface area contributed by atoms with Gasteiger partial charge in [-0.05, 0) is 25.3 Å². The van der Waals surface area contributed by atoms with Gasteiger partial charge in [0, 0.05) is 13.2 Å². The smallest absolute Gasteiger partial charge is 0.0700 e. The van der Waals surface area contributed by atoms with Gasteiger partial charge in [-0.3, -0.25) is 0 Å². The number of hydrogen-bond acceptors (Lipinski definition) is 2. The lowest BCUT2D eigenvalue weighted by Gasteiger charge is -2.24. The van der Waals surface area contributed by atoms with E-state index in [1.54, 1.807) is 0 Å². The van der Waals surface area contributed by atoms with Crippen LogP contribution in [0.15, 0.2) is 0 Å². The minimum Gasteiger partial charge on any atom is -0.377 e. The molecule has 1 fully saturated rings. The Morgan fingerprint density at radius 3 is 3.00 bits per heavy atom. The molecule has 72 valence electrons. The Kier molecular flexibility index (Phi) is 4.62. The van der Waals surface area contributed by atoms with Crippen LogP contribution in [0.5, 0.6) is 0 Å². The predicted octanol–water partition coefficient (Wildman–Crippen LogP) is 1.80. The standard InChI is InChI=1S/C10H21NO/c1-3-9(2)8-12-10-5-4-6-11-7-10/h9-11H,3-8H2,1-2H3. The molecule has 0 spiro atoms. The van der Waals surface area contributed by atoms with Gasteiger partial charge in [-0.1, -0.05) is 20.3 Å². The van der Waals surface area contributed by atoms with Gasteiger partial charge in [-0.25, -0.2) is 0 Å². The number of hydrogen-bond donors (Lipinski definition) is 1. The molecule has 2 heteroatoms. The fourth-order valence-corrected chi connectivity index (χ4v) is 1.38. The fraction of sp³-hybridized carbons (Fsp3) is 1.00. The van der Waals surface area contributed by atoms with Gasteiger partial charge in [0.2, 0.25) is 0 Å². The highest BCUT2D eigenvalue weighted by atomic mass is 16.5. The van der Waals surface area contributed by atoms with E-state index in [9.17, 15) is 0 Å². The molecule has 0 aromatic heterocycles. The Balaban J connectivity index is 2.05. The molecule has 0 amide bonds. The molecular formula is C10H21NO. The van der Waals surface area contributed by atoms with Gasteiger partial charge in [0.05, 0.1) is 6.10 Å². The summed E-state index contributed by atoms with van der Waals surface area (Å²) in [5, 5.41) is 3.35. The minimum atomic E-state index is 0.479. The van der Waals surface area contributed by atoms with Gasteiger partial charge in [0.1, 0.15) is 0 Å². The molecule has 1 heterocycles. The van der Waals surface area contributed by atoms with Gasteiger partial charge in [-0.15, -0.1) is 0 Å². The Bertz CT molecular complexity index is 110. The lowest BCUT2D eigenvalue weighted by atomic mass is 10.1.